The lowest BCUT2D eigenvalue weighted by Crippen LogP contribution is -1.97. The molecule has 0 spiro atoms. The van der Waals surface area contributed by atoms with Crippen LogP contribution in [-0.4, -0.2) is 19.5 Å². The standard InChI is InChI=1S/C7H12O2/c1-7(2)3-5-9-6-4-8/h4H,1,3,5-6H2,2H3. The van der Waals surface area contributed by atoms with Crippen LogP contribution in [-0.2, 0) is 9.53 Å². The molecule has 0 radical (unpaired) electrons. The number of hydrogen-bond donors (Lipinski definition) is 0. The zero-order chi connectivity index (χ0) is 7.11. The molecule has 0 aromatic rings. The summed E-state index contributed by atoms with van der Waals surface area (Å²) in [7, 11) is 0. The van der Waals surface area contributed by atoms with Crippen molar-refractivity contribution < 1.29 is 9.53 Å². The summed E-state index contributed by atoms with van der Waals surface area (Å²) in [4.78, 5) is 9.70. The molecule has 0 unspecified atom stereocenters. The van der Waals surface area contributed by atoms with Crippen molar-refractivity contribution in [3.05, 3.63) is 12.2 Å². The molecule has 0 N–H and O–H groups in total. The van der Waals surface area contributed by atoms with E-state index in [1.165, 1.54) is 0 Å². The molecule has 0 aliphatic rings. The number of rotatable bonds is 5. The first kappa shape index (κ1) is 8.37. The third-order valence-corrected chi connectivity index (χ3v) is 0.859. The summed E-state index contributed by atoms with van der Waals surface area (Å²) in [6, 6.07) is 0. The zero-order valence-corrected chi connectivity index (χ0v) is 5.72. The van der Waals surface area contributed by atoms with E-state index in [9.17, 15) is 4.79 Å². The lowest BCUT2D eigenvalue weighted by molar-refractivity contribution is -0.111. The highest BCUT2D eigenvalue weighted by Crippen LogP contribution is 1.93. The minimum atomic E-state index is 0.202. The van der Waals surface area contributed by atoms with E-state index in [1.807, 2.05) is 6.92 Å². The van der Waals surface area contributed by atoms with Gasteiger partial charge in [0.25, 0.3) is 0 Å². The Labute approximate surface area is 55.5 Å². The molecule has 0 amide bonds. The van der Waals surface area contributed by atoms with Crippen molar-refractivity contribution in [2.75, 3.05) is 13.2 Å². The molecule has 2 nitrogen and oxygen atoms in total. The summed E-state index contributed by atoms with van der Waals surface area (Å²) in [5.41, 5.74) is 1.08. The van der Waals surface area contributed by atoms with Gasteiger partial charge in [0.1, 0.15) is 12.9 Å². The Bertz CT molecular complexity index is 97.1. The second-order valence-electron chi connectivity index (χ2n) is 1.95. The Morgan fingerprint density at radius 2 is 2.44 bits per heavy atom. The minimum Gasteiger partial charge on any atom is -0.374 e. The molecule has 0 heterocycles. The Kier molecular flexibility index (Phi) is 5.12. The van der Waals surface area contributed by atoms with E-state index in [1.54, 1.807) is 0 Å². The van der Waals surface area contributed by atoms with Gasteiger partial charge in [0.2, 0.25) is 0 Å². The largest absolute Gasteiger partial charge is 0.374 e. The van der Waals surface area contributed by atoms with Gasteiger partial charge < -0.3 is 9.53 Å². The van der Waals surface area contributed by atoms with E-state index in [0.29, 0.717) is 6.61 Å². The van der Waals surface area contributed by atoms with Gasteiger partial charge in [0.15, 0.2) is 0 Å². The SMILES string of the molecule is C=C(C)CCOCC=O. The van der Waals surface area contributed by atoms with Crippen LogP contribution in [0.15, 0.2) is 12.2 Å². The first-order chi connectivity index (χ1) is 4.27. The highest BCUT2D eigenvalue weighted by molar-refractivity contribution is 5.50. The molecular weight excluding hydrogens is 116 g/mol. The van der Waals surface area contributed by atoms with Crippen molar-refractivity contribution in [2.24, 2.45) is 0 Å². The van der Waals surface area contributed by atoms with Crippen molar-refractivity contribution in [3.63, 3.8) is 0 Å². The van der Waals surface area contributed by atoms with Crippen LogP contribution in [0.4, 0.5) is 0 Å². The second kappa shape index (κ2) is 5.51. The highest BCUT2D eigenvalue weighted by atomic mass is 16.5. The summed E-state index contributed by atoms with van der Waals surface area (Å²) < 4.78 is 4.86. The lowest BCUT2D eigenvalue weighted by atomic mass is 10.3. The van der Waals surface area contributed by atoms with Gasteiger partial charge in [-0.2, -0.15) is 0 Å². The smallest absolute Gasteiger partial charge is 0.145 e. The van der Waals surface area contributed by atoms with Crippen LogP contribution in [0.5, 0.6) is 0 Å². The van der Waals surface area contributed by atoms with E-state index in [0.717, 1.165) is 18.3 Å². The van der Waals surface area contributed by atoms with Crippen molar-refractivity contribution in [3.8, 4) is 0 Å². The summed E-state index contributed by atoms with van der Waals surface area (Å²) in [5, 5.41) is 0. The molecule has 0 atom stereocenters. The third kappa shape index (κ3) is 7.37. The van der Waals surface area contributed by atoms with Crippen LogP contribution in [0.25, 0.3) is 0 Å². The predicted octanol–water partition coefficient (Wildman–Crippen LogP) is 1.17. The fourth-order valence-electron chi connectivity index (χ4n) is 0.378. The first-order valence-corrected chi connectivity index (χ1v) is 2.93. The van der Waals surface area contributed by atoms with Gasteiger partial charge in [-0.3, -0.25) is 0 Å². The molecule has 52 valence electrons. The number of hydrogen-bond acceptors (Lipinski definition) is 2. The van der Waals surface area contributed by atoms with Gasteiger partial charge in [-0.1, -0.05) is 5.57 Å². The average Bonchev–Trinajstić information content (AvgIpc) is 1.80. The van der Waals surface area contributed by atoms with Crippen LogP contribution < -0.4 is 0 Å². The average molecular weight is 128 g/mol. The summed E-state index contributed by atoms with van der Waals surface area (Å²) >= 11 is 0. The molecular formula is C7H12O2. The number of ether oxygens (including phenoxy) is 1. The summed E-state index contributed by atoms with van der Waals surface area (Å²) in [6.07, 6.45) is 1.59. The van der Waals surface area contributed by atoms with Crippen LogP contribution in [0.3, 0.4) is 0 Å². The van der Waals surface area contributed by atoms with E-state index >= 15 is 0 Å². The summed E-state index contributed by atoms with van der Waals surface area (Å²) in [6.45, 7) is 6.43. The van der Waals surface area contributed by atoms with Crippen LogP contribution >= 0.6 is 0 Å². The van der Waals surface area contributed by atoms with Gasteiger partial charge >= 0.3 is 0 Å². The molecule has 2 heteroatoms. The van der Waals surface area contributed by atoms with E-state index in [2.05, 4.69) is 6.58 Å². The van der Waals surface area contributed by atoms with Crippen LogP contribution in [0.1, 0.15) is 13.3 Å². The molecule has 0 aliphatic heterocycles. The van der Waals surface area contributed by atoms with Gasteiger partial charge in [0.05, 0.1) is 6.61 Å². The van der Waals surface area contributed by atoms with Crippen LogP contribution in [0.2, 0.25) is 0 Å². The molecule has 0 aromatic carbocycles. The van der Waals surface area contributed by atoms with Crippen molar-refractivity contribution in [1.82, 2.24) is 0 Å². The first-order valence-electron chi connectivity index (χ1n) is 2.93. The minimum absolute atomic E-state index is 0.202. The number of carbonyl (C=O) groups is 1. The highest BCUT2D eigenvalue weighted by Gasteiger charge is 1.85. The Balaban J connectivity index is 2.91. The van der Waals surface area contributed by atoms with Crippen molar-refractivity contribution in [1.29, 1.82) is 0 Å². The molecule has 0 saturated heterocycles. The molecule has 0 aliphatic carbocycles. The Morgan fingerprint density at radius 3 is 2.89 bits per heavy atom. The van der Waals surface area contributed by atoms with Crippen molar-refractivity contribution >= 4 is 6.29 Å². The van der Waals surface area contributed by atoms with Gasteiger partial charge in [-0.25, -0.2) is 0 Å². The van der Waals surface area contributed by atoms with Gasteiger partial charge in [-0.15, -0.1) is 6.58 Å². The van der Waals surface area contributed by atoms with E-state index in [4.69, 9.17) is 4.74 Å². The molecule has 0 bridgehead atoms. The molecule has 9 heavy (non-hydrogen) atoms. The maximum Gasteiger partial charge on any atom is 0.145 e. The molecule has 0 rings (SSSR count). The number of carbonyl (C=O) groups excluding carboxylic acids is 1. The summed E-state index contributed by atoms with van der Waals surface area (Å²) in [5.74, 6) is 0. The third-order valence-electron chi connectivity index (χ3n) is 0.859. The van der Waals surface area contributed by atoms with Gasteiger partial charge in [0, 0.05) is 0 Å². The Morgan fingerprint density at radius 1 is 1.78 bits per heavy atom. The Hall–Kier alpha value is -0.630. The molecule has 0 fully saturated rings. The van der Waals surface area contributed by atoms with E-state index in [-0.39, 0.29) is 6.61 Å². The van der Waals surface area contributed by atoms with Crippen molar-refractivity contribution in [2.45, 2.75) is 13.3 Å². The normalized spacial score (nSPS) is 9.00. The quantitative estimate of drug-likeness (QED) is 0.315. The van der Waals surface area contributed by atoms with Gasteiger partial charge in [-0.05, 0) is 13.3 Å². The molecule has 0 saturated carbocycles. The second-order valence-corrected chi connectivity index (χ2v) is 1.95. The fraction of sp³-hybridized carbons (Fsp3) is 0.571. The van der Waals surface area contributed by atoms with E-state index < -0.39 is 0 Å². The fourth-order valence-corrected chi connectivity index (χ4v) is 0.378. The predicted molar refractivity (Wildman–Crippen MR) is 36.3 cm³/mol. The lowest BCUT2D eigenvalue weighted by Gasteiger charge is -1.97. The maximum atomic E-state index is 9.70. The zero-order valence-electron chi connectivity index (χ0n) is 5.72. The topological polar surface area (TPSA) is 26.3 Å². The molecule has 0 aromatic heterocycles. The number of aldehydes is 1. The van der Waals surface area contributed by atoms with Crippen LogP contribution in [0, 0.1) is 0 Å². The monoisotopic (exact) mass is 128 g/mol. The maximum absolute atomic E-state index is 9.70.